The van der Waals surface area contributed by atoms with Gasteiger partial charge in [-0.15, -0.1) is 24.0 Å². The molecule has 1 aliphatic rings. The van der Waals surface area contributed by atoms with E-state index in [1.54, 1.807) is 12.3 Å². The molecule has 2 rings (SSSR count). The summed E-state index contributed by atoms with van der Waals surface area (Å²) < 4.78 is 0. The molecule has 0 bridgehead atoms. The number of carbonyl (C=O) groups excluding carboxylic acids is 1. The van der Waals surface area contributed by atoms with E-state index < -0.39 is 0 Å². The molecular formula is C17H27Cl2IN6O. The van der Waals surface area contributed by atoms with Crippen LogP contribution in [0.1, 0.15) is 26.2 Å². The summed E-state index contributed by atoms with van der Waals surface area (Å²) in [5.74, 6) is 1.50. The second kappa shape index (κ2) is 12.5. The van der Waals surface area contributed by atoms with Crippen LogP contribution in [0.2, 0.25) is 10.0 Å². The summed E-state index contributed by atoms with van der Waals surface area (Å²) in [5.41, 5.74) is 5.34. The van der Waals surface area contributed by atoms with Gasteiger partial charge in [0, 0.05) is 38.8 Å². The fourth-order valence-corrected chi connectivity index (χ4v) is 3.46. The van der Waals surface area contributed by atoms with Gasteiger partial charge in [-0.1, -0.05) is 23.2 Å². The van der Waals surface area contributed by atoms with Gasteiger partial charge < -0.3 is 21.3 Å². The molecule has 0 spiro atoms. The van der Waals surface area contributed by atoms with E-state index in [0.717, 1.165) is 38.4 Å². The third-order valence-electron chi connectivity index (χ3n) is 4.12. The Morgan fingerprint density at radius 1 is 1.48 bits per heavy atom. The lowest BCUT2D eigenvalue weighted by atomic mass is 9.95. The third kappa shape index (κ3) is 8.27. The van der Waals surface area contributed by atoms with Gasteiger partial charge in [0.2, 0.25) is 5.91 Å². The van der Waals surface area contributed by atoms with Crippen LogP contribution in [-0.4, -0.2) is 54.5 Å². The molecule has 1 unspecified atom stereocenters. The van der Waals surface area contributed by atoms with Gasteiger partial charge in [-0.2, -0.15) is 0 Å². The minimum absolute atomic E-state index is 0. The van der Waals surface area contributed by atoms with Gasteiger partial charge in [0.15, 0.2) is 5.96 Å². The normalized spacial score (nSPS) is 17.2. The first-order valence-electron chi connectivity index (χ1n) is 8.86. The highest BCUT2D eigenvalue weighted by atomic mass is 127. The lowest BCUT2D eigenvalue weighted by Gasteiger charge is -2.34. The Labute approximate surface area is 187 Å². The number of aromatic nitrogens is 1. The number of guanidine groups is 1. The Balaban J connectivity index is 0.00000364. The molecule has 0 aliphatic carbocycles. The molecule has 0 radical (unpaired) electrons. The number of pyridine rings is 1. The Kier molecular flexibility index (Phi) is 11.1. The van der Waals surface area contributed by atoms with E-state index in [2.05, 4.69) is 25.5 Å². The number of likely N-dealkylation sites (tertiary alicyclic amines) is 1. The maximum atomic E-state index is 11.2. The van der Waals surface area contributed by atoms with E-state index in [1.165, 1.54) is 0 Å². The van der Waals surface area contributed by atoms with Gasteiger partial charge in [-0.3, -0.25) is 9.79 Å². The van der Waals surface area contributed by atoms with Crippen molar-refractivity contribution in [3.63, 3.8) is 0 Å². The molecule has 152 valence electrons. The maximum Gasteiger partial charge on any atom is 0.217 e. The number of nitrogens with two attached hydrogens (primary N) is 1. The molecule has 1 aromatic rings. The minimum atomic E-state index is -0.240. The quantitative estimate of drug-likeness (QED) is 0.219. The smallest absolute Gasteiger partial charge is 0.217 e. The van der Waals surface area contributed by atoms with Crippen LogP contribution in [0.15, 0.2) is 17.3 Å². The largest absolute Gasteiger partial charge is 0.370 e. The number of amides is 1. The number of primary amides is 1. The summed E-state index contributed by atoms with van der Waals surface area (Å²) in [6.07, 6.45) is 4.04. The maximum absolute atomic E-state index is 11.2. The summed E-state index contributed by atoms with van der Waals surface area (Å²) >= 11 is 11.9. The van der Waals surface area contributed by atoms with Crippen LogP contribution in [0.3, 0.4) is 0 Å². The van der Waals surface area contributed by atoms with Gasteiger partial charge in [-0.25, -0.2) is 4.98 Å². The molecule has 0 aromatic carbocycles. The minimum Gasteiger partial charge on any atom is -0.370 e. The van der Waals surface area contributed by atoms with E-state index in [0.29, 0.717) is 41.3 Å². The van der Waals surface area contributed by atoms with E-state index in [1.807, 2.05) is 6.92 Å². The molecule has 1 aromatic heterocycles. The predicted molar refractivity (Wildman–Crippen MR) is 122 cm³/mol. The van der Waals surface area contributed by atoms with Gasteiger partial charge in [-0.05, 0) is 31.7 Å². The van der Waals surface area contributed by atoms with Crippen LogP contribution in [0.25, 0.3) is 0 Å². The lowest BCUT2D eigenvalue weighted by molar-refractivity contribution is -0.119. The summed E-state index contributed by atoms with van der Waals surface area (Å²) in [6, 6.07) is 1.65. The molecule has 1 fully saturated rings. The Hall–Kier alpha value is -1.000. The first kappa shape index (κ1) is 24.0. The fourth-order valence-electron chi connectivity index (χ4n) is 3.02. The lowest BCUT2D eigenvalue weighted by Crippen LogP contribution is -2.47. The Bertz CT molecular complexity index is 646. The standard InChI is InChI=1S/C17H26Cl2N6O.HI/c1-2-21-17(25-7-3-4-12(11-25)8-15(20)26)23-6-5-22-16-14(19)9-13(18)10-24-16;/h9-10,12H,2-8,11H2,1H3,(H2,20,26)(H,21,23)(H,22,24);1H. The zero-order chi connectivity index (χ0) is 18.9. The van der Waals surface area contributed by atoms with E-state index >= 15 is 0 Å². The second-order valence-corrected chi connectivity index (χ2v) is 7.11. The van der Waals surface area contributed by atoms with Gasteiger partial charge in [0.1, 0.15) is 5.82 Å². The summed E-state index contributed by atoms with van der Waals surface area (Å²) in [4.78, 5) is 22.2. The SMILES string of the molecule is CCNC(=NCCNc1ncc(Cl)cc1Cl)N1CCCC(CC(N)=O)C1.I. The van der Waals surface area contributed by atoms with Crippen molar-refractivity contribution in [2.45, 2.75) is 26.2 Å². The Morgan fingerprint density at radius 3 is 2.93 bits per heavy atom. The van der Waals surface area contributed by atoms with Crippen molar-refractivity contribution in [3.05, 3.63) is 22.3 Å². The van der Waals surface area contributed by atoms with Crippen LogP contribution < -0.4 is 16.4 Å². The average Bonchev–Trinajstić information content (AvgIpc) is 2.59. The first-order valence-corrected chi connectivity index (χ1v) is 9.61. The number of nitrogens with zero attached hydrogens (tertiary/aromatic N) is 3. The van der Waals surface area contributed by atoms with Crippen LogP contribution in [0.4, 0.5) is 5.82 Å². The summed E-state index contributed by atoms with van der Waals surface area (Å²) in [5, 5.41) is 7.46. The van der Waals surface area contributed by atoms with Crippen molar-refractivity contribution in [2.24, 2.45) is 16.6 Å². The summed E-state index contributed by atoms with van der Waals surface area (Å²) in [7, 11) is 0. The molecule has 2 heterocycles. The molecule has 1 aliphatic heterocycles. The highest BCUT2D eigenvalue weighted by Crippen LogP contribution is 2.22. The number of anilines is 1. The molecule has 1 amide bonds. The third-order valence-corrected chi connectivity index (χ3v) is 4.61. The Morgan fingerprint density at radius 2 is 2.26 bits per heavy atom. The average molecular weight is 529 g/mol. The zero-order valence-corrected chi connectivity index (χ0v) is 19.2. The highest BCUT2D eigenvalue weighted by molar-refractivity contribution is 14.0. The number of piperidine rings is 1. The van der Waals surface area contributed by atoms with Crippen molar-refractivity contribution < 1.29 is 4.79 Å². The molecular weight excluding hydrogens is 502 g/mol. The molecule has 1 saturated heterocycles. The molecule has 1 atom stereocenters. The van der Waals surface area contributed by atoms with Gasteiger partial charge in [0.05, 0.1) is 16.6 Å². The van der Waals surface area contributed by atoms with Crippen LogP contribution in [0.5, 0.6) is 0 Å². The van der Waals surface area contributed by atoms with Crippen molar-refractivity contribution in [1.82, 2.24) is 15.2 Å². The summed E-state index contributed by atoms with van der Waals surface area (Å²) in [6.45, 7) is 5.72. The molecule has 7 nitrogen and oxygen atoms in total. The van der Waals surface area contributed by atoms with E-state index in [9.17, 15) is 4.79 Å². The van der Waals surface area contributed by atoms with Crippen molar-refractivity contribution in [1.29, 1.82) is 0 Å². The second-order valence-electron chi connectivity index (χ2n) is 6.27. The van der Waals surface area contributed by atoms with E-state index in [4.69, 9.17) is 28.9 Å². The number of carbonyl (C=O) groups is 1. The number of aliphatic imine (C=N–C) groups is 1. The van der Waals surface area contributed by atoms with Gasteiger partial charge in [0.25, 0.3) is 0 Å². The van der Waals surface area contributed by atoms with E-state index in [-0.39, 0.29) is 29.9 Å². The van der Waals surface area contributed by atoms with Crippen LogP contribution >= 0.6 is 47.2 Å². The fraction of sp³-hybridized carbons (Fsp3) is 0.588. The van der Waals surface area contributed by atoms with Gasteiger partial charge >= 0.3 is 0 Å². The number of hydrogen-bond acceptors (Lipinski definition) is 4. The number of halogens is 3. The van der Waals surface area contributed by atoms with Crippen molar-refractivity contribution >= 4 is 64.9 Å². The highest BCUT2D eigenvalue weighted by Gasteiger charge is 2.23. The zero-order valence-electron chi connectivity index (χ0n) is 15.4. The monoisotopic (exact) mass is 528 g/mol. The molecule has 27 heavy (non-hydrogen) atoms. The number of hydrogen-bond donors (Lipinski definition) is 3. The number of nitrogens with one attached hydrogen (secondary N) is 2. The number of rotatable bonds is 7. The molecule has 0 saturated carbocycles. The molecule has 4 N–H and O–H groups in total. The van der Waals surface area contributed by atoms with Crippen molar-refractivity contribution in [3.8, 4) is 0 Å². The molecule has 10 heteroatoms. The topological polar surface area (TPSA) is 95.6 Å². The predicted octanol–water partition coefficient (Wildman–Crippen LogP) is 2.97. The van der Waals surface area contributed by atoms with Crippen molar-refractivity contribution in [2.75, 3.05) is 38.0 Å². The van der Waals surface area contributed by atoms with Crippen LogP contribution in [0, 0.1) is 5.92 Å². The van der Waals surface area contributed by atoms with Crippen LogP contribution in [-0.2, 0) is 4.79 Å². The first-order chi connectivity index (χ1) is 12.5.